The van der Waals surface area contributed by atoms with Crippen LogP contribution >= 0.6 is 0 Å². The first kappa shape index (κ1) is 31.6. The zero-order valence-corrected chi connectivity index (χ0v) is 26.8. The molecule has 8 nitrogen and oxygen atoms in total. The maximum atomic E-state index is 15.6. The minimum atomic E-state index is -1.20. The number of carbonyl (C=O) groups is 1. The molecule has 2 fully saturated rings. The summed E-state index contributed by atoms with van der Waals surface area (Å²) >= 11 is 0. The van der Waals surface area contributed by atoms with Crippen molar-refractivity contribution in [3.05, 3.63) is 23.4 Å². The van der Waals surface area contributed by atoms with Gasteiger partial charge in [0, 0.05) is 37.7 Å². The van der Waals surface area contributed by atoms with Crippen LogP contribution in [-0.4, -0.2) is 41.4 Å². The van der Waals surface area contributed by atoms with Crippen molar-refractivity contribution < 1.29 is 13.9 Å². The van der Waals surface area contributed by atoms with E-state index in [0.29, 0.717) is 36.4 Å². The minimum absolute atomic E-state index is 0.0904. The van der Waals surface area contributed by atoms with Crippen LogP contribution in [0.25, 0.3) is 11.1 Å². The summed E-state index contributed by atoms with van der Waals surface area (Å²) in [6.45, 7) is 11.6. The van der Waals surface area contributed by atoms with Crippen LogP contribution < -0.4 is 16.8 Å². The Morgan fingerprint density at radius 2 is 1.66 bits per heavy atom. The molecule has 1 amide bonds. The summed E-state index contributed by atoms with van der Waals surface area (Å²) in [6, 6.07) is 1.93. The molecule has 10 heteroatoms. The molecule has 2 saturated carbocycles. The smallest absolute Gasteiger partial charge is 0.242 e. The van der Waals surface area contributed by atoms with Gasteiger partial charge < -0.3 is 21.5 Å². The number of amides is 1. The monoisotopic (exact) mass is 586 g/mol. The van der Waals surface area contributed by atoms with Gasteiger partial charge >= 0.3 is 0 Å². The van der Waals surface area contributed by atoms with Crippen molar-refractivity contribution in [3.8, 4) is 11.1 Å². The summed E-state index contributed by atoms with van der Waals surface area (Å²) in [5.41, 5.74) is 15.5. The molecule has 2 aromatic rings. The first-order chi connectivity index (χ1) is 19.5. The van der Waals surface area contributed by atoms with Gasteiger partial charge in [-0.05, 0) is 37.6 Å². The average molecular weight is 587 g/mol. The Bertz CT molecular complexity index is 1140. The SMILES string of the molecule is Cc1nn(COCC[Si](C)(C)C)c(C)c1-c1c(N)cc(NC(=O)[C@@H](N)C(C2CCCCC2)C2CCCCC2)nc1F. The molecule has 0 aliphatic heterocycles. The number of carbonyl (C=O) groups excluding carboxylic acids is 1. The third kappa shape index (κ3) is 7.96. The standard InChI is InChI=1S/C31H51FN6O2Si/c1-20-26(21(2)38(37-20)19-40-16-17-41(3,4)5)28-24(33)18-25(35-30(28)32)36-31(39)29(34)27(22-12-8-6-9-13-22)23-14-10-7-11-15-23/h18,22-23,27,29H,6-17,19,34H2,1-5H3,(H3,33,35,36,39)/t29-/m0/s1. The molecule has 2 aromatic heterocycles. The minimum Gasteiger partial charge on any atom is -0.398 e. The van der Waals surface area contributed by atoms with E-state index < -0.39 is 20.1 Å². The van der Waals surface area contributed by atoms with Crippen molar-refractivity contribution in [2.45, 2.75) is 117 Å². The lowest BCUT2D eigenvalue weighted by atomic mass is 9.66. The molecule has 0 unspecified atom stereocenters. The van der Waals surface area contributed by atoms with Crippen LogP contribution in [0.1, 0.15) is 75.6 Å². The Balaban J connectivity index is 1.49. The molecule has 2 aliphatic rings. The van der Waals surface area contributed by atoms with E-state index in [1.54, 1.807) is 4.68 Å². The molecule has 2 heterocycles. The lowest BCUT2D eigenvalue weighted by Gasteiger charge is -2.40. The van der Waals surface area contributed by atoms with Crippen LogP contribution in [0.15, 0.2) is 6.07 Å². The molecule has 1 atom stereocenters. The van der Waals surface area contributed by atoms with E-state index in [1.807, 2.05) is 13.8 Å². The highest BCUT2D eigenvalue weighted by Crippen LogP contribution is 2.42. The second kappa shape index (κ2) is 13.8. The third-order valence-corrected chi connectivity index (χ3v) is 10.9. The molecular weight excluding hydrogens is 535 g/mol. The first-order valence-corrected chi connectivity index (χ1v) is 19.3. The van der Waals surface area contributed by atoms with Crippen molar-refractivity contribution in [1.29, 1.82) is 0 Å². The Hall–Kier alpha value is -2.30. The van der Waals surface area contributed by atoms with Crippen LogP contribution in [0.4, 0.5) is 15.9 Å². The Morgan fingerprint density at radius 3 is 2.20 bits per heavy atom. The molecular formula is C31H51FN6O2Si. The van der Waals surface area contributed by atoms with Gasteiger partial charge in [-0.3, -0.25) is 4.79 Å². The van der Waals surface area contributed by atoms with Gasteiger partial charge in [0.15, 0.2) is 0 Å². The number of hydrogen-bond acceptors (Lipinski definition) is 6. The molecule has 5 N–H and O–H groups in total. The maximum absolute atomic E-state index is 15.6. The summed E-state index contributed by atoms with van der Waals surface area (Å²) in [6.07, 6.45) is 11.8. The van der Waals surface area contributed by atoms with Crippen molar-refractivity contribution >= 4 is 25.5 Å². The Kier molecular flexibility index (Phi) is 10.6. The first-order valence-electron chi connectivity index (χ1n) is 15.6. The number of rotatable bonds is 11. The molecule has 2 aliphatic carbocycles. The van der Waals surface area contributed by atoms with Gasteiger partial charge in [0.2, 0.25) is 11.9 Å². The molecule has 0 saturated heterocycles. The zero-order valence-electron chi connectivity index (χ0n) is 25.8. The summed E-state index contributed by atoms with van der Waals surface area (Å²) in [5.74, 6) is 0.114. The van der Waals surface area contributed by atoms with Gasteiger partial charge in [0.05, 0.1) is 17.3 Å². The van der Waals surface area contributed by atoms with Crippen molar-refractivity contribution in [2.24, 2.45) is 23.5 Å². The number of nitrogen functional groups attached to an aromatic ring is 1. The van der Waals surface area contributed by atoms with Gasteiger partial charge in [0.25, 0.3) is 0 Å². The predicted octanol–water partition coefficient (Wildman–Crippen LogP) is 6.64. The predicted molar refractivity (Wildman–Crippen MR) is 167 cm³/mol. The lowest BCUT2D eigenvalue weighted by Crippen LogP contribution is -2.48. The van der Waals surface area contributed by atoms with E-state index in [0.717, 1.165) is 37.4 Å². The van der Waals surface area contributed by atoms with Crippen LogP contribution in [-0.2, 0) is 16.3 Å². The normalized spacial score (nSPS) is 18.1. The van der Waals surface area contributed by atoms with Crippen LogP contribution in [0.3, 0.4) is 0 Å². The highest BCUT2D eigenvalue weighted by Gasteiger charge is 2.38. The second-order valence-electron chi connectivity index (χ2n) is 13.5. The Morgan fingerprint density at radius 1 is 1.07 bits per heavy atom. The van der Waals surface area contributed by atoms with Crippen molar-refractivity contribution in [3.63, 3.8) is 0 Å². The number of nitrogens with zero attached hydrogens (tertiary/aromatic N) is 3. The molecule has 228 valence electrons. The largest absolute Gasteiger partial charge is 0.398 e. The number of hydrogen-bond donors (Lipinski definition) is 3. The summed E-state index contributed by atoms with van der Waals surface area (Å²) in [5, 5.41) is 7.38. The number of anilines is 2. The zero-order chi connectivity index (χ0) is 29.7. The van der Waals surface area contributed by atoms with Gasteiger partial charge in [0.1, 0.15) is 12.5 Å². The van der Waals surface area contributed by atoms with Crippen molar-refractivity contribution in [1.82, 2.24) is 14.8 Å². The summed E-state index contributed by atoms with van der Waals surface area (Å²) in [4.78, 5) is 17.6. The highest BCUT2D eigenvalue weighted by atomic mass is 28.3. The molecule has 0 radical (unpaired) electrons. The average Bonchev–Trinajstić information content (AvgIpc) is 3.19. The number of aryl methyl sites for hydroxylation is 1. The van der Waals surface area contributed by atoms with Crippen LogP contribution in [0.2, 0.25) is 25.7 Å². The van der Waals surface area contributed by atoms with Crippen LogP contribution in [0.5, 0.6) is 0 Å². The number of halogens is 1. The number of nitrogens with two attached hydrogens (primary N) is 2. The molecule has 0 spiro atoms. The maximum Gasteiger partial charge on any atom is 0.242 e. The van der Waals surface area contributed by atoms with Crippen molar-refractivity contribution in [2.75, 3.05) is 17.7 Å². The van der Waals surface area contributed by atoms with Gasteiger partial charge in [-0.1, -0.05) is 83.8 Å². The number of nitrogens with one attached hydrogen (secondary N) is 1. The lowest BCUT2D eigenvalue weighted by molar-refractivity contribution is -0.120. The van der Waals surface area contributed by atoms with Gasteiger partial charge in [-0.2, -0.15) is 9.49 Å². The number of ether oxygens (including phenoxy) is 1. The van der Waals surface area contributed by atoms with E-state index in [2.05, 4.69) is 35.0 Å². The third-order valence-electron chi connectivity index (χ3n) is 9.20. The molecule has 0 bridgehead atoms. The second-order valence-corrected chi connectivity index (χ2v) is 19.2. The summed E-state index contributed by atoms with van der Waals surface area (Å²) < 4.78 is 23.2. The highest BCUT2D eigenvalue weighted by molar-refractivity contribution is 6.76. The van der Waals surface area contributed by atoms with E-state index in [4.69, 9.17) is 16.2 Å². The van der Waals surface area contributed by atoms with Gasteiger partial charge in [-0.15, -0.1) is 0 Å². The quantitative estimate of drug-likeness (QED) is 0.154. The molecule has 41 heavy (non-hydrogen) atoms. The fourth-order valence-electron chi connectivity index (χ4n) is 6.95. The van der Waals surface area contributed by atoms with E-state index in [-0.39, 0.29) is 28.9 Å². The van der Waals surface area contributed by atoms with E-state index in [9.17, 15) is 4.79 Å². The fourth-order valence-corrected chi connectivity index (χ4v) is 7.71. The molecule has 4 rings (SSSR count). The van der Waals surface area contributed by atoms with Gasteiger partial charge in [-0.25, -0.2) is 9.67 Å². The van der Waals surface area contributed by atoms with E-state index >= 15 is 4.39 Å². The Labute approximate surface area is 246 Å². The molecule has 0 aromatic carbocycles. The topological polar surface area (TPSA) is 121 Å². The van der Waals surface area contributed by atoms with Crippen LogP contribution in [0, 0.1) is 37.5 Å². The number of aromatic nitrogens is 3. The summed E-state index contributed by atoms with van der Waals surface area (Å²) in [7, 11) is -1.20. The fraction of sp³-hybridized carbons (Fsp3) is 0.710. The number of pyridine rings is 1. The van der Waals surface area contributed by atoms with E-state index in [1.165, 1.54) is 44.6 Å².